The molecule has 164 valence electrons. The fourth-order valence-corrected chi connectivity index (χ4v) is 5.70. The zero-order chi connectivity index (χ0) is 21.8. The summed E-state index contributed by atoms with van der Waals surface area (Å²) in [5, 5.41) is 9.13. The molecule has 5 rings (SSSR count). The van der Waals surface area contributed by atoms with Gasteiger partial charge in [-0.25, -0.2) is 13.5 Å². The zero-order valence-electron chi connectivity index (χ0n) is 16.8. The van der Waals surface area contributed by atoms with Crippen molar-refractivity contribution < 1.29 is 22.3 Å². The highest BCUT2D eigenvalue weighted by atomic mass is 32.1. The van der Waals surface area contributed by atoms with Gasteiger partial charge in [0, 0.05) is 23.1 Å². The lowest BCUT2D eigenvalue weighted by Crippen LogP contribution is -2.52. The van der Waals surface area contributed by atoms with E-state index in [0.29, 0.717) is 42.1 Å². The molecule has 1 atom stereocenters. The first-order valence-electron chi connectivity index (χ1n) is 10.2. The molecule has 1 fully saturated rings. The number of piperidine rings is 1. The maximum Gasteiger partial charge on any atom is 0.300 e. The number of hydrogen-bond donors (Lipinski definition) is 1. The minimum atomic E-state index is -3.18. The molecule has 1 aromatic carbocycles. The van der Waals surface area contributed by atoms with Crippen LogP contribution in [0.15, 0.2) is 35.8 Å². The number of nitrogens with one attached hydrogen (secondary N) is 1. The number of halogens is 4. The number of hydrogen-bond acceptors (Lipinski definition) is 4. The van der Waals surface area contributed by atoms with Gasteiger partial charge >= 0.3 is 0 Å². The third kappa shape index (κ3) is 3.30. The number of fused-ring (bicyclic) bond motifs is 2. The summed E-state index contributed by atoms with van der Waals surface area (Å²) in [5.74, 6) is -4.72. The van der Waals surface area contributed by atoms with Gasteiger partial charge in [0.05, 0.1) is 5.69 Å². The number of nitrogens with zero attached hydrogens (tertiary/aromatic N) is 2. The van der Waals surface area contributed by atoms with Crippen LogP contribution in [0, 0.1) is 18.6 Å². The van der Waals surface area contributed by atoms with Crippen LogP contribution in [0.4, 0.5) is 17.6 Å². The number of rotatable bonds is 3. The number of para-hydroxylation sites is 1. The Kier molecular flexibility index (Phi) is 4.95. The molecule has 4 heterocycles. The van der Waals surface area contributed by atoms with Crippen molar-refractivity contribution in [3.05, 3.63) is 69.2 Å². The Labute approximate surface area is 180 Å². The van der Waals surface area contributed by atoms with E-state index in [2.05, 4.69) is 10.4 Å². The Morgan fingerprint density at radius 3 is 2.61 bits per heavy atom. The molecule has 1 N–H and O–H groups in total. The second-order valence-corrected chi connectivity index (χ2v) is 9.01. The fraction of sp³-hybridized carbons (Fsp3) is 0.409. The van der Waals surface area contributed by atoms with Crippen LogP contribution in [0.5, 0.6) is 0 Å². The predicted molar refractivity (Wildman–Crippen MR) is 109 cm³/mol. The molecule has 0 saturated carbocycles. The van der Waals surface area contributed by atoms with Gasteiger partial charge < -0.3 is 10.1 Å². The molecule has 9 heteroatoms. The van der Waals surface area contributed by atoms with E-state index in [-0.39, 0.29) is 17.7 Å². The maximum absolute atomic E-state index is 15.4. The van der Waals surface area contributed by atoms with Crippen molar-refractivity contribution in [1.29, 1.82) is 0 Å². The first kappa shape index (κ1) is 20.7. The number of ether oxygens (including phenoxy) is 1. The molecule has 2 aliphatic rings. The fourth-order valence-electron chi connectivity index (χ4n) is 4.56. The smallest absolute Gasteiger partial charge is 0.300 e. The molecule has 0 aliphatic carbocycles. The third-order valence-corrected chi connectivity index (χ3v) is 7.29. The number of benzene rings is 1. The van der Waals surface area contributed by atoms with Crippen LogP contribution in [0.3, 0.4) is 0 Å². The Bertz CT molecular complexity index is 1100. The van der Waals surface area contributed by atoms with Gasteiger partial charge in [0.2, 0.25) is 0 Å². The molecule has 0 amide bonds. The molecule has 1 spiro atoms. The minimum Gasteiger partial charge on any atom is -0.359 e. The molecular weight excluding hydrogens is 430 g/mol. The Balaban J connectivity index is 1.51. The van der Waals surface area contributed by atoms with E-state index < -0.39 is 29.3 Å². The second-order valence-electron chi connectivity index (χ2n) is 8.10. The van der Waals surface area contributed by atoms with Gasteiger partial charge in [0.15, 0.2) is 11.6 Å². The van der Waals surface area contributed by atoms with Crippen LogP contribution in [0.2, 0.25) is 0 Å². The maximum atomic E-state index is 15.4. The Hall–Kier alpha value is -2.23. The number of aryl methyl sites for hydroxylation is 1. The third-order valence-electron chi connectivity index (χ3n) is 6.19. The van der Waals surface area contributed by atoms with Gasteiger partial charge in [-0.15, -0.1) is 11.3 Å². The van der Waals surface area contributed by atoms with Crippen molar-refractivity contribution >= 4 is 11.3 Å². The standard InChI is InChI=1S/C22H21F4N3OS/c1-13-14(12-29(28-13)19-16(23)3-2-4-17(19)24)11-18-22(25,26)15-5-10-31-20(15)21(30-18)6-8-27-9-7-21/h2-5,10,12,18,27H,6-9,11H2,1H3. The normalized spacial score (nSPS) is 21.9. The second kappa shape index (κ2) is 7.43. The van der Waals surface area contributed by atoms with Crippen LogP contribution < -0.4 is 5.32 Å². The molecular formula is C22H21F4N3OS. The van der Waals surface area contributed by atoms with Gasteiger partial charge in [-0.2, -0.15) is 13.9 Å². The topological polar surface area (TPSA) is 39.1 Å². The quantitative estimate of drug-likeness (QED) is 0.580. The molecule has 0 radical (unpaired) electrons. The van der Waals surface area contributed by atoms with Gasteiger partial charge in [-0.3, -0.25) is 0 Å². The van der Waals surface area contributed by atoms with E-state index in [1.54, 1.807) is 12.3 Å². The summed E-state index contributed by atoms with van der Waals surface area (Å²) in [6.45, 7) is 3.03. The highest BCUT2D eigenvalue weighted by Crippen LogP contribution is 2.53. The van der Waals surface area contributed by atoms with Crippen molar-refractivity contribution in [3.63, 3.8) is 0 Å². The lowest BCUT2D eigenvalue weighted by Gasteiger charge is -2.46. The largest absolute Gasteiger partial charge is 0.359 e. The molecule has 31 heavy (non-hydrogen) atoms. The summed E-state index contributed by atoms with van der Waals surface area (Å²) in [4.78, 5) is 0.607. The predicted octanol–water partition coefficient (Wildman–Crippen LogP) is 4.83. The van der Waals surface area contributed by atoms with E-state index in [1.807, 2.05) is 0 Å². The average Bonchev–Trinajstić information content (AvgIpc) is 3.36. The van der Waals surface area contributed by atoms with E-state index >= 15 is 8.78 Å². The van der Waals surface area contributed by atoms with Crippen LogP contribution >= 0.6 is 11.3 Å². The van der Waals surface area contributed by atoms with Gasteiger partial charge in [-0.1, -0.05) is 6.07 Å². The summed E-state index contributed by atoms with van der Waals surface area (Å²) in [7, 11) is 0. The van der Waals surface area contributed by atoms with E-state index in [1.165, 1.54) is 29.7 Å². The molecule has 2 aliphatic heterocycles. The summed E-state index contributed by atoms with van der Waals surface area (Å²) in [5.41, 5.74) is -0.139. The van der Waals surface area contributed by atoms with E-state index in [4.69, 9.17) is 4.74 Å². The first-order chi connectivity index (χ1) is 14.8. The van der Waals surface area contributed by atoms with Gasteiger partial charge in [0.25, 0.3) is 5.92 Å². The number of thiophene rings is 1. The monoisotopic (exact) mass is 451 g/mol. The van der Waals surface area contributed by atoms with Crippen LogP contribution in [0.1, 0.15) is 34.5 Å². The van der Waals surface area contributed by atoms with Crippen molar-refractivity contribution in [2.24, 2.45) is 0 Å². The lowest BCUT2D eigenvalue weighted by atomic mass is 9.82. The molecule has 1 saturated heterocycles. The molecule has 3 aromatic rings. The molecule has 0 bridgehead atoms. The van der Waals surface area contributed by atoms with E-state index in [9.17, 15) is 8.78 Å². The summed E-state index contributed by atoms with van der Waals surface area (Å²) in [6, 6.07) is 5.02. The van der Waals surface area contributed by atoms with Crippen LogP contribution in [-0.2, 0) is 22.7 Å². The average molecular weight is 451 g/mol. The zero-order valence-corrected chi connectivity index (χ0v) is 17.6. The molecule has 1 unspecified atom stereocenters. The first-order valence-corrected chi connectivity index (χ1v) is 11.0. The van der Waals surface area contributed by atoms with Crippen molar-refractivity contribution in [1.82, 2.24) is 15.1 Å². The summed E-state index contributed by atoms with van der Waals surface area (Å²) in [6.07, 6.45) is 1.14. The number of aromatic nitrogens is 2. The van der Waals surface area contributed by atoms with Crippen molar-refractivity contribution in [2.75, 3.05) is 13.1 Å². The van der Waals surface area contributed by atoms with Crippen molar-refractivity contribution in [3.8, 4) is 5.69 Å². The molecule has 2 aromatic heterocycles. The lowest BCUT2D eigenvalue weighted by molar-refractivity contribution is -0.227. The van der Waals surface area contributed by atoms with Gasteiger partial charge in [-0.05, 0) is 62.0 Å². The van der Waals surface area contributed by atoms with E-state index in [0.717, 1.165) is 16.8 Å². The minimum absolute atomic E-state index is 0.0286. The Morgan fingerprint density at radius 2 is 1.90 bits per heavy atom. The van der Waals surface area contributed by atoms with Crippen LogP contribution in [-0.4, -0.2) is 29.0 Å². The number of alkyl halides is 2. The van der Waals surface area contributed by atoms with Crippen LogP contribution in [0.25, 0.3) is 5.69 Å². The SMILES string of the molecule is Cc1nn(-c2c(F)cccc2F)cc1CC1OC2(CCNCC2)c2sccc2C1(F)F. The summed E-state index contributed by atoms with van der Waals surface area (Å²) >= 11 is 1.32. The highest BCUT2D eigenvalue weighted by molar-refractivity contribution is 7.10. The molecule has 4 nitrogen and oxygen atoms in total. The van der Waals surface area contributed by atoms with Crippen molar-refractivity contribution in [2.45, 2.75) is 43.8 Å². The van der Waals surface area contributed by atoms with Gasteiger partial charge in [0.1, 0.15) is 17.4 Å². The summed E-state index contributed by atoms with van der Waals surface area (Å²) < 4.78 is 66.5. The Morgan fingerprint density at radius 1 is 1.19 bits per heavy atom. The highest BCUT2D eigenvalue weighted by Gasteiger charge is 2.56.